The second kappa shape index (κ2) is 7.18. The molecule has 1 aliphatic heterocycles. The molecule has 0 aromatic heterocycles. The maximum absolute atomic E-state index is 5.72. The first-order valence-electron chi connectivity index (χ1n) is 5.54. The highest BCUT2D eigenvalue weighted by molar-refractivity contribution is 7.97. The van der Waals surface area contributed by atoms with Gasteiger partial charge in [-0.3, -0.25) is 0 Å². The van der Waals surface area contributed by atoms with Crippen LogP contribution in [0.15, 0.2) is 12.3 Å². The SMILES string of the molecule is CCCCC(CN1C=CCS1)OCC. The van der Waals surface area contributed by atoms with E-state index in [0.717, 1.165) is 18.9 Å². The van der Waals surface area contributed by atoms with Crippen LogP contribution in [-0.2, 0) is 4.74 Å². The largest absolute Gasteiger partial charge is 0.377 e. The van der Waals surface area contributed by atoms with E-state index in [9.17, 15) is 0 Å². The molecule has 1 atom stereocenters. The third kappa shape index (κ3) is 4.38. The van der Waals surface area contributed by atoms with Crippen molar-refractivity contribution >= 4 is 11.9 Å². The Morgan fingerprint density at radius 3 is 2.93 bits per heavy atom. The van der Waals surface area contributed by atoms with Gasteiger partial charge in [0.2, 0.25) is 0 Å². The minimum Gasteiger partial charge on any atom is -0.377 e. The second-order valence-corrected chi connectivity index (χ2v) is 4.56. The number of nitrogens with zero attached hydrogens (tertiary/aromatic N) is 1. The molecule has 0 amide bonds. The maximum Gasteiger partial charge on any atom is 0.0759 e. The molecule has 2 nitrogen and oxygen atoms in total. The molecule has 0 radical (unpaired) electrons. The van der Waals surface area contributed by atoms with E-state index in [-0.39, 0.29) is 0 Å². The van der Waals surface area contributed by atoms with E-state index in [1.165, 1.54) is 19.3 Å². The van der Waals surface area contributed by atoms with Crippen LogP contribution in [0.2, 0.25) is 0 Å². The van der Waals surface area contributed by atoms with E-state index in [1.54, 1.807) is 0 Å². The van der Waals surface area contributed by atoms with Crippen LogP contribution in [0.1, 0.15) is 33.1 Å². The third-order valence-electron chi connectivity index (χ3n) is 2.27. The second-order valence-electron chi connectivity index (χ2n) is 3.50. The van der Waals surface area contributed by atoms with Crippen molar-refractivity contribution in [2.24, 2.45) is 0 Å². The Kier molecular flexibility index (Phi) is 6.12. The van der Waals surface area contributed by atoms with Crippen molar-refractivity contribution in [1.82, 2.24) is 4.31 Å². The molecule has 0 saturated carbocycles. The Labute approximate surface area is 91.8 Å². The summed E-state index contributed by atoms with van der Waals surface area (Å²) >= 11 is 1.87. The van der Waals surface area contributed by atoms with E-state index in [2.05, 4.69) is 30.4 Å². The molecule has 0 bridgehead atoms. The molecular weight excluding hydrogens is 194 g/mol. The molecule has 0 spiro atoms. The Morgan fingerprint density at radius 1 is 1.50 bits per heavy atom. The van der Waals surface area contributed by atoms with E-state index < -0.39 is 0 Å². The van der Waals surface area contributed by atoms with Gasteiger partial charge in [0, 0.05) is 18.6 Å². The molecule has 1 unspecified atom stereocenters. The van der Waals surface area contributed by atoms with E-state index in [4.69, 9.17) is 4.74 Å². The van der Waals surface area contributed by atoms with Gasteiger partial charge in [0.05, 0.1) is 12.6 Å². The standard InChI is InChI=1S/C11H21NOS/c1-3-5-7-11(13-4-2)10-12-8-6-9-14-12/h6,8,11H,3-5,7,9-10H2,1-2H3. The van der Waals surface area contributed by atoms with Crippen LogP contribution in [0.3, 0.4) is 0 Å². The Balaban J connectivity index is 2.22. The van der Waals surface area contributed by atoms with E-state index >= 15 is 0 Å². The van der Waals surface area contributed by atoms with E-state index in [1.807, 2.05) is 11.9 Å². The summed E-state index contributed by atoms with van der Waals surface area (Å²) in [7, 11) is 0. The van der Waals surface area contributed by atoms with Gasteiger partial charge in [-0.15, -0.1) is 0 Å². The first-order valence-corrected chi connectivity index (χ1v) is 6.48. The van der Waals surface area contributed by atoms with Crippen molar-refractivity contribution in [2.75, 3.05) is 18.9 Å². The van der Waals surface area contributed by atoms with Crippen LogP contribution in [0, 0.1) is 0 Å². The molecule has 0 N–H and O–H groups in total. The summed E-state index contributed by atoms with van der Waals surface area (Å²) in [5.41, 5.74) is 0. The minimum absolute atomic E-state index is 0.412. The van der Waals surface area contributed by atoms with Crippen LogP contribution < -0.4 is 0 Å². The number of unbranched alkanes of at least 4 members (excludes halogenated alkanes) is 1. The zero-order valence-corrected chi connectivity index (χ0v) is 10.1. The predicted molar refractivity (Wildman–Crippen MR) is 63.2 cm³/mol. The highest BCUT2D eigenvalue weighted by Crippen LogP contribution is 2.19. The highest BCUT2D eigenvalue weighted by Gasteiger charge is 2.13. The molecule has 0 fully saturated rings. The summed E-state index contributed by atoms with van der Waals surface area (Å²) in [6, 6.07) is 0. The molecule has 3 heteroatoms. The first kappa shape index (κ1) is 11.9. The summed E-state index contributed by atoms with van der Waals surface area (Å²) in [6.07, 6.45) is 8.50. The van der Waals surface area contributed by atoms with Gasteiger partial charge in [-0.1, -0.05) is 25.8 Å². The number of hydrogen-bond donors (Lipinski definition) is 0. The fourth-order valence-corrected chi connectivity index (χ4v) is 2.36. The quantitative estimate of drug-likeness (QED) is 0.606. The summed E-state index contributed by atoms with van der Waals surface area (Å²) in [5.74, 6) is 1.12. The van der Waals surface area contributed by atoms with Gasteiger partial charge < -0.3 is 9.04 Å². The molecular formula is C11H21NOS. The van der Waals surface area contributed by atoms with Crippen LogP contribution in [0.4, 0.5) is 0 Å². The van der Waals surface area contributed by atoms with Crippen LogP contribution in [0.25, 0.3) is 0 Å². The lowest BCUT2D eigenvalue weighted by Crippen LogP contribution is -2.25. The topological polar surface area (TPSA) is 12.5 Å². The summed E-state index contributed by atoms with van der Waals surface area (Å²) < 4.78 is 8.00. The first-order chi connectivity index (χ1) is 6.86. The number of rotatable bonds is 7. The van der Waals surface area contributed by atoms with Crippen LogP contribution in [-0.4, -0.2) is 29.3 Å². The number of hydrogen-bond acceptors (Lipinski definition) is 3. The molecule has 0 saturated heterocycles. The molecule has 0 aliphatic carbocycles. The van der Waals surface area contributed by atoms with Gasteiger partial charge in [-0.05, 0) is 25.3 Å². The maximum atomic E-state index is 5.72. The smallest absolute Gasteiger partial charge is 0.0759 e. The molecule has 0 aromatic carbocycles. The monoisotopic (exact) mass is 215 g/mol. The van der Waals surface area contributed by atoms with Gasteiger partial charge in [0.15, 0.2) is 0 Å². The van der Waals surface area contributed by atoms with Gasteiger partial charge in [0.25, 0.3) is 0 Å². The summed E-state index contributed by atoms with van der Waals surface area (Å²) in [6.45, 7) is 6.17. The molecule has 82 valence electrons. The fourth-order valence-electron chi connectivity index (χ4n) is 1.55. The zero-order chi connectivity index (χ0) is 10.2. The normalized spacial score (nSPS) is 17.7. The Morgan fingerprint density at radius 2 is 2.36 bits per heavy atom. The van der Waals surface area contributed by atoms with Crippen molar-refractivity contribution in [3.63, 3.8) is 0 Å². The number of ether oxygens (including phenoxy) is 1. The average Bonchev–Trinajstić information content (AvgIpc) is 2.67. The van der Waals surface area contributed by atoms with Crippen molar-refractivity contribution < 1.29 is 4.74 Å². The average molecular weight is 215 g/mol. The van der Waals surface area contributed by atoms with Crippen molar-refractivity contribution in [3.05, 3.63) is 12.3 Å². The van der Waals surface area contributed by atoms with Crippen molar-refractivity contribution in [1.29, 1.82) is 0 Å². The van der Waals surface area contributed by atoms with Gasteiger partial charge in [0.1, 0.15) is 0 Å². The van der Waals surface area contributed by atoms with Crippen LogP contribution >= 0.6 is 11.9 Å². The molecule has 1 aliphatic rings. The lowest BCUT2D eigenvalue weighted by molar-refractivity contribution is 0.0487. The summed E-state index contributed by atoms with van der Waals surface area (Å²) in [5, 5.41) is 0. The molecule has 14 heavy (non-hydrogen) atoms. The Bertz CT molecular complexity index is 173. The lowest BCUT2D eigenvalue weighted by atomic mass is 10.1. The molecule has 0 aromatic rings. The zero-order valence-electron chi connectivity index (χ0n) is 9.24. The van der Waals surface area contributed by atoms with Gasteiger partial charge in [-0.25, -0.2) is 0 Å². The van der Waals surface area contributed by atoms with E-state index in [0.29, 0.717) is 6.10 Å². The van der Waals surface area contributed by atoms with Crippen molar-refractivity contribution in [2.45, 2.75) is 39.2 Å². The lowest BCUT2D eigenvalue weighted by Gasteiger charge is -2.22. The molecule has 1 heterocycles. The van der Waals surface area contributed by atoms with Gasteiger partial charge >= 0.3 is 0 Å². The minimum atomic E-state index is 0.412. The summed E-state index contributed by atoms with van der Waals surface area (Å²) in [4.78, 5) is 0. The van der Waals surface area contributed by atoms with Crippen molar-refractivity contribution in [3.8, 4) is 0 Å². The predicted octanol–water partition coefficient (Wildman–Crippen LogP) is 3.06. The van der Waals surface area contributed by atoms with Crippen LogP contribution in [0.5, 0.6) is 0 Å². The highest BCUT2D eigenvalue weighted by atomic mass is 32.2. The molecule has 1 rings (SSSR count). The third-order valence-corrected chi connectivity index (χ3v) is 3.22. The fraction of sp³-hybridized carbons (Fsp3) is 0.818. The van der Waals surface area contributed by atoms with Gasteiger partial charge in [-0.2, -0.15) is 0 Å². The Hall–Kier alpha value is -0.150.